The number of nitrogens with one attached hydrogen (secondary N) is 2. The van der Waals surface area contributed by atoms with Gasteiger partial charge in [-0.2, -0.15) is 0 Å². The molecule has 1 amide bonds. The van der Waals surface area contributed by atoms with Crippen LogP contribution < -0.4 is 10.0 Å². The van der Waals surface area contributed by atoms with Crippen molar-refractivity contribution in [3.05, 3.63) is 95.8 Å². The molecule has 0 saturated carbocycles. The fourth-order valence-electron chi connectivity index (χ4n) is 4.24. The van der Waals surface area contributed by atoms with Crippen molar-refractivity contribution in [3.8, 4) is 10.6 Å². The summed E-state index contributed by atoms with van der Waals surface area (Å²) in [5, 5.41) is 3.37. The highest BCUT2D eigenvalue weighted by molar-refractivity contribution is 7.92. The lowest BCUT2D eigenvalue weighted by atomic mass is 10.1. The summed E-state index contributed by atoms with van der Waals surface area (Å²) < 4.78 is 34.6. The summed E-state index contributed by atoms with van der Waals surface area (Å²) in [5.74, 6) is -1.21. The smallest absolute Gasteiger partial charge is 0.339 e. The molecule has 0 radical (unpaired) electrons. The summed E-state index contributed by atoms with van der Waals surface area (Å²) in [4.78, 5) is 39.1. The van der Waals surface area contributed by atoms with Crippen LogP contribution in [0, 0.1) is 13.8 Å². The zero-order chi connectivity index (χ0) is 29.9. The molecule has 1 unspecified atom stereocenters. The number of ether oxygens (including phenoxy) is 1. The Balaban J connectivity index is 1.27. The second kappa shape index (κ2) is 12.0. The van der Waals surface area contributed by atoms with Crippen LogP contribution in [-0.4, -0.2) is 41.4 Å². The van der Waals surface area contributed by atoms with Gasteiger partial charge in [-0.25, -0.2) is 32.9 Å². The van der Waals surface area contributed by atoms with Gasteiger partial charge in [0.15, 0.2) is 6.10 Å². The van der Waals surface area contributed by atoms with E-state index in [4.69, 9.17) is 4.74 Å². The van der Waals surface area contributed by atoms with E-state index in [9.17, 15) is 18.0 Å². The van der Waals surface area contributed by atoms with Crippen LogP contribution >= 0.6 is 11.3 Å². The fraction of sp³-hybridized carbons (Fsp3) is 0.167. The van der Waals surface area contributed by atoms with Crippen molar-refractivity contribution >= 4 is 55.1 Å². The molecule has 3 aromatic carbocycles. The van der Waals surface area contributed by atoms with Crippen molar-refractivity contribution < 1.29 is 22.7 Å². The number of aryl methyl sites for hydroxylation is 2. The molecule has 0 aliphatic heterocycles. The number of carbonyl (C=O) groups excluding carboxylic acids is 2. The first-order valence-electron chi connectivity index (χ1n) is 13.0. The first-order valence-corrected chi connectivity index (χ1v) is 15.3. The van der Waals surface area contributed by atoms with Crippen LogP contribution in [0.5, 0.6) is 0 Å². The zero-order valence-electron chi connectivity index (χ0n) is 23.0. The third-order valence-corrected chi connectivity index (χ3v) is 8.64. The van der Waals surface area contributed by atoms with Crippen molar-refractivity contribution in [2.45, 2.75) is 38.2 Å². The highest BCUT2D eigenvalue weighted by Gasteiger charge is 2.25. The number of thiazole rings is 1. The molecule has 5 rings (SSSR count). The first-order chi connectivity index (χ1) is 20.1. The standard InChI is InChI=1S/C30H27N5O5S2/c1-4-25(40-29(37)23-10-6-5-9-22(23)28-34-24-11-7-8-12-26(24)41-28)27(36)33-20-13-15-21(16-14-20)42(38,39)35-30-31-18(2)17-19(3)32-30/h5-17,25H,4H2,1-3H3,(H,33,36)(H,31,32,35). The normalized spacial score (nSPS) is 12.1. The molecule has 5 aromatic rings. The van der Waals surface area contributed by atoms with Crippen molar-refractivity contribution in [1.82, 2.24) is 15.0 Å². The number of amides is 1. The number of benzene rings is 3. The Morgan fingerprint density at radius 3 is 2.26 bits per heavy atom. The maximum Gasteiger partial charge on any atom is 0.339 e. The number of sulfonamides is 1. The molecule has 2 heterocycles. The second-order valence-electron chi connectivity index (χ2n) is 9.43. The van der Waals surface area contributed by atoms with Gasteiger partial charge in [0.2, 0.25) is 5.95 Å². The Morgan fingerprint density at radius 2 is 1.57 bits per heavy atom. The Morgan fingerprint density at radius 1 is 0.905 bits per heavy atom. The van der Waals surface area contributed by atoms with E-state index in [-0.39, 0.29) is 17.3 Å². The van der Waals surface area contributed by atoms with Gasteiger partial charge in [0.05, 0.1) is 20.7 Å². The summed E-state index contributed by atoms with van der Waals surface area (Å²) in [6, 6.07) is 22.0. The van der Waals surface area contributed by atoms with Crippen LogP contribution in [0.3, 0.4) is 0 Å². The number of fused-ring (bicyclic) bond motifs is 1. The Labute approximate surface area is 246 Å². The van der Waals surface area contributed by atoms with Crippen LogP contribution in [0.2, 0.25) is 0 Å². The summed E-state index contributed by atoms with van der Waals surface area (Å²) in [5.41, 5.74) is 3.35. The molecule has 0 aliphatic carbocycles. The van der Waals surface area contributed by atoms with Gasteiger partial charge >= 0.3 is 5.97 Å². The molecule has 214 valence electrons. The summed E-state index contributed by atoms with van der Waals surface area (Å²) in [7, 11) is -3.96. The molecule has 0 aliphatic rings. The molecular formula is C30H27N5O5S2. The lowest BCUT2D eigenvalue weighted by Crippen LogP contribution is -2.32. The van der Waals surface area contributed by atoms with Crippen LogP contribution in [0.15, 0.2) is 83.8 Å². The first kappa shape index (κ1) is 28.8. The highest BCUT2D eigenvalue weighted by Crippen LogP contribution is 2.32. The van der Waals surface area contributed by atoms with Gasteiger partial charge in [-0.05, 0) is 68.8 Å². The minimum Gasteiger partial charge on any atom is -0.449 e. The molecule has 0 bridgehead atoms. The molecule has 2 N–H and O–H groups in total. The molecule has 42 heavy (non-hydrogen) atoms. The lowest BCUT2D eigenvalue weighted by molar-refractivity contribution is -0.124. The number of anilines is 2. The Kier molecular flexibility index (Phi) is 8.27. The van der Waals surface area contributed by atoms with E-state index in [1.807, 2.05) is 30.3 Å². The van der Waals surface area contributed by atoms with Gasteiger partial charge in [-0.1, -0.05) is 37.3 Å². The van der Waals surface area contributed by atoms with E-state index in [0.717, 1.165) is 10.2 Å². The van der Waals surface area contributed by atoms with Crippen molar-refractivity contribution in [2.75, 3.05) is 10.0 Å². The minimum absolute atomic E-state index is 0.0257. The predicted molar refractivity (Wildman–Crippen MR) is 162 cm³/mol. The number of carbonyl (C=O) groups is 2. The van der Waals surface area contributed by atoms with Crippen molar-refractivity contribution in [1.29, 1.82) is 0 Å². The van der Waals surface area contributed by atoms with Gasteiger partial charge < -0.3 is 10.1 Å². The van der Waals surface area contributed by atoms with Gasteiger partial charge in [0.1, 0.15) is 5.01 Å². The molecule has 0 fully saturated rings. The molecule has 0 saturated heterocycles. The monoisotopic (exact) mass is 601 g/mol. The Hall–Kier alpha value is -4.68. The van der Waals surface area contributed by atoms with E-state index >= 15 is 0 Å². The molecule has 12 heteroatoms. The molecule has 10 nitrogen and oxygen atoms in total. The minimum atomic E-state index is -3.96. The lowest BCUT2D eigenvalue weighted by Gasteiger charge is -2.17. The molecule has 1 atom stereocenters. The average Bonchev–Trinajstić information content (AvgIpc) is 3.39. The number of nitrogens with zero attached hydrogens (tertiary/aromatic N) is 3. The van der Waals surface area contributed by atoms with Crippen LogP contribution in [-0.2, 0) is 19.6 Å². The molecular weight excluding hydrogens is 574 g/mol. The quantitative estimate of drug-likeness (QED) is 0.204. The number of esters is 1. The largest absolute Gasteiger partial charge is 0.449 e. The number of rotatable bonds is 9. The number of hydrogen-bond donors (Lipinski definition) is 2. The number of hydrogen-bond acceptors (Lipinski definition) is 9. The molecule has 2 aromatic heterocycles. The zero-order valence-corrected chi connectivity index (χ0v) is 24.6. The highest BCUT2D eigenvalue weighted by atomic mass is 32.2. The maximum atomic E-state index is 13.2. The Bertz CT molecular complexity index is 1830. The number of para-hydroxylation sites is 1. The average molecular weight is 602 g/mol. The number of aromatic nitrogens is 3. The van der Waals surface area contributed by atoms with Gasteiger partial charge in [0, 0.05) is 22.6 Å². The van der Waals surface area contributed by atoms with E-state index in [2.05, 4.69) is 25.0 Å². The van der Waals surface area contributed by atoms with Crippen molar-refractivity contribution in [2.24, 2.45) is 0 Å². The topological polar surface area (TPSA) is 140 Å². The SMILES string of the molecule is CCC(OC(=O)c1ccccc1-c1nc2ccccc2s1)C(=O)Nc1ccc(S(=O)(=O)Nc2nc(C)cc(C)n2)cc1. The van der Waals surface area contributed by atoms with Gasteiger partial charge in [-0.15, -0.1) is 11.3 Å². The van der Waals surface area contributed by atoms with E-state index < -0.39 is 28.0 Å². The van der Waals surface area contributed by atoms with Crippen molar-refractivity contribution in [3.63, 3.8) is 0 Å². The van der Waals surface area contributed by atoms with E-state index in [0.29, 0.717) is 33.2 Å². The van der Waals surface area contributed by atoms with E-state index in [1.165, 1.54) is 35.6 Å². The van der Waals surface area contributed by atoms with Gasteiger partial charge in [-0.3, -0.25) is 4.79 Å². The third-order valence-electron chi connectivity index (χ3n) is 6.22. The summed E-state index contributed by atoms with van der Waals surface area (Å²) in [6.45, 7) is 5.21. The summed E-state index contributed by atoms with van der Waals surface area (Å²) in [6.07, 6.45) is -0.847. The summed E-state index contributed by atoms with van der Waals surface area (Å²) >= 11 is 1.47. The van der Waals surface area contributed by atoms with Crippen LogP contribution in [0.25, 0.3) is 20.8 Å². The third kappa shape index (κ3) is 6.45. The van der Waals surface area contributed by atoms with Crippen LogP contribution in [0.4, 0.5) is 11.6 Å². The maximum absolute atomic E-state index is 13.2. The van der Waals surface area contributed by atoms with E-state index in [1.54, 1.807) is 45.0 Å². The second-order valence-corrected chi connectivity index (χ2v) is 12.1. The predicted octanol–water partition coefficient (Wildman–Crippen LogP) is 5.75. The molecule has 0 spiro atoms. The fourth-order valence-corrected chi connectivity index (χ4v) is 6.19. The van der Waals surface area contributed by atoms with Crippen LogP contribution in [0.1, 0.15) is 35.1 Å². The van der Waals surface area contributed by atoms with Gasteiger partial charge in [0.25, 0.3) is 15.9 Å².